The van der Waals surface area contributed by atoms with Crippen LogP contribution in [0.3, 0.4) is 0 Å². The minimum absolute atomic E-state index is 0.233. The van der Waals surface area contributed by atoms with Gasteiger partial charge >= 0.3 is 0 Å². The molecule has 1 atom stereocenters. The minimum Gasteiger partial charge on any atom is -0.326 e. The number of likely N-dealkylation sites (N-methyl/N-ethyl adjacent to an activating group) is 1. The zero-order valence-corrected chi connectivity index (χ0v) is 16.0. The van der Waals surface area contributed by atoms with Crippen LogP contribution in [0, 0.1) is 0 Å². The van der Waals surface area contributed by atoms with Gasteiger partial charge in [0, 0.05) is 10.0 Å². The maximum Gasteiger partial charge on any atom is 0.293 e. The van der Waals surface area contributed by atoms with E-state index >= 15 is 0 Å². The summed E-state index contributed by atoms with van der Waals surface area (Å²) >= 11 is 3.31. The molecule has 6 heteroatoms. The van der Waals surface area contributed by atoms with Gasteiger partial charge in [-0.3, -0.25) is 20.4 Å². The maximum atomic E-state index is 12.0. The topological polar surface area (TPSA) is 62.6 Å². The lowest BCUT2D eigenvalue weighted by Gasteiger charge is -2.14. The normalized spacial score (nSPS) is 11.6. The van der Waals surface area contributed by atoms with Crippen molar-refractivity contribution in [3.8, 4) is 0 Å². The van der Waals surface area contributed by atoms with Crippen LogP contribution in [0.4, 0.5) is 0 Å². The first-order valence-corrected chi connectivity index (χ1v) is 9.01. The van der Waals surface area contributed by atoms with Crippen LogP contribution in [0.25, 0.3) is 0 Å². The van der Waals surface area contributed by atoms with Crippen molar-refractivity contribution >= 4 is 27.7 Å². The summed E-state index contributed by atoms with van der Waals surface area (Å²) in [7, 11) is 1.95. The monoisotopic (exact) mass is 404 g/mol. The van der Waals surface area contributed by atoms with Crippen LogP contribution in [0.15, 0.2) is 53.0 Å². The molecule has 25 heavy (non-hydrogen) atoms. The quantitative estimate of drug-likeness (QED) is 0.638. The standard InChI is InChI=1S/C19H22BrN3O2/c1-3-14-8-10-15(11-9-14)12-23(2)13-18(24)21-22-19(25)16-6-4-5-7-17(16)20/h4-11H,3,12-13H2,1-2H3,(H,21,24)(H,22,25)/p+1. The van der Waals surface area contributed by atoms with Gasteiger partial charge in [-0.25, -0.2) is 0 Å². The molecule has 2 aromatic carbocycles. The zero-order chi connectivity index (χ0) is 18.2. The first-order chi connectivity index (χ1) is 12.0. The highest BCUT2D eigenvalue weighted by Crippen LogP contribution is 2.15. The van der Waals surface area contributed by atoms with Crippen molar-refractivity contribution in [3.05, 3.63) is 69.7 Å². The molecule has 2 rings (SSSR count). The number of hydrazine groups is 1. The third kappa shape index (κ3) is 5.99. The van der Waals surface area contributed by atoms with Gasteiger partial charge < -0.3 is 4.90 Å². The molecule has 1 unspecified atom stereocenters. The largest absolute Gasteiger partial charge is 0.326 e. The molecule has 0 saturated carbocycles. The van der Waals surface area contributed by atoms with Gasteiger partial charge in [-0.05, 0) is 40.0 Å². The number of amides is 2. The molecular formula is C19H23BrN3O2+. The minimum atomic E-state index is -0.353. The molecule has 0 radical (unpaired) electrons. The zero-order valence-electron chi connectivity index (χ0n) is 14.4. The van der Waals surface area contributed by atoms with Crippen LogP contribution in [-0.4, -0.2) is 25.4 Å². The molecule has 5 nitrogen and oxygen atoms in total. The van der Waals surface area contributed by atoms with Crippen LogP contribution < -0.4 is 15.8 Å². The summed E-state index contributed by atoms with van der Waals surface area (Å²) in [6.07, 6.45) is 1.02. The van der Waals surface area contributed by atoms with Crippen molar-refractivity contribution in [3.63, 3.8) is 0 Å². The molecule has 2 amide bonds. The summed E-state index contributed by atoms with van der Waals surface area (Å²) in [6.45, 7) is 3.14. The number of aryl methyl sites for hydroxylation is 1. The summed E-state index contributed by atoms with van der Waals surface area (Å²) < 4.78 is 0.681. The van der Waals surface area contributed by atoms with Crippen LogP contribution in [0.5, 0.6) is 0 Å². The highest BCUT2D eigenvalue weighted by atomic mass is 79.9. The Morgan fingerprint density at radius 2 is 1.64 bits per heavy atom. The Morgan fingerprint density at radius 1 is 1.00 bits per heavy atom. The Hall–Kier alpha value is -2.18. The molecule has 0 aliphatic heterocycles. The van der Waals surface area contributed by atoms with Gasteiger partial charge in [-0.2, -0.15) is 0 Å². The average molecular weight is 405 g/mol. The molecule has 0 spiro atoms. The molecule has 132 valence electrons. The van der Waals surface area contributed by atoms with Crippen molar-refractivity contribution in [1.82, 2.24) is 10.9 Å². The molecule has 3 N–H and O–H groups in total. The van der Waals surface area contributed by atoms with E-state index < -0.39 is 0 Å². The average Bonchev–Trinajstić information content (AvgIpc) is 2.60. The van der Waals surface area contributed by atoms with Crippen molar-refractivity contribution in [2.75, 3.05) is 13.6 Å². The Labute approximate surface area is 156 Å². The molecular weight excluding hydrogens is 382 g/mol. The summed E-state index contributed by atoms with van der Waals surface area (Å²) in [5.74, 6) is -0.586. The molecule has 0 heterocycles. The fourth-order valence-corrected chi connectivity index (χ4v) is 2.93. The fourth-order valence-electron chi connectivity index (χ4n) is 2.46. The Bertz CT molecular complexity index is 732. The van der Waals surface area contributed by atoms with Gasteiger partial charge in [0.1, 0.15) is 6.54 Å². The predicted molar refractivity (Wildman–Crippen MR) is 101 cm³/mol. The number of carbonyl (C=O) groups excluding carboxylic acids is 2. The number of carbonyl (C=O) groups is 2. The Kier molecular flexibility index (Phi) is 7.16. The van der Waals surface area contributed by atoms with E-state index in [9.17, 15) is 9.59 Å². The van der Waals surface area contributed by atoms with Crippen LogP contribution in [-0.2, 0) is 17.8 Å². The van der Waals surface area contributed by atoms with Crippen LogP contribution >= 0.6 is 15.9 Å². The number of hydrogen-bond acceptors (Lipinski definition) is 2. The lowest BCUT2D eigenvalue weighted by Crippen LogP contribution is -3.09. The van der Waals surface area contributed by atoms with Gasteiger partial charge in [0.25, 0.3) is 11.8 Å². The van der Waals surface area contributed by atoms with Gasteiger partial charge in [0.05, 0.1) is 12.6 Å². The van der Waals surface area contributed by atoms with Gasteiger partial charge in [0.15, 0.2) is 6.54 Å². The number of benzene rings is 2. The molecule has 2 aromatic rings. The van der Waals surface area contributed by atoms with Crippen molar-refractivity contribution in [2.24, 2.45) is 0 Å². The van der Waals surface area contributed by atoms with E-state index in [0.717, 1.165) is 17.9 Å². The number of quaternary nitrogens is 1. The first kappa shape index (κ1) is 19.1. The van der Waals surface area contributed by atoms with E-state index in [1.54, 1.807) is 18.2 Å². The van der Waals surface area contributed by atoms with Crippen molar-refractivity contribution < 1.29 is 14.5 Å². The Balaban J connectivity index is 1.79. The number of nitrogens with one attached hydrogen (secondary N) is 3. The summed E-state index contributed by atoms with van der Waals surface area (Å²) in [6, 6.07) is 15.5. The Morgan fingerprint density at radius 3 is 2.28 bits per heavy atom. The van der Waals surface area contributed by atoms with Crippen LogP contribution in [0.2, 0.25) is 0 Å². The van der Waals surface area contributed by atoms with E-state index in [1.165, 1.54) is 11.1 Å². The molecule has 0 saturated heterocycles. The van der Waals surface area contributed by atoms with E-state index in [1.807, 2.05) is 13.1 Å². The number of hydrogen-bond donors (Lipinski definition) is 3. The second kappa shape index (κ2) is 9.34. The number of halogens is 1. The van der Waals surface area contributed by atoms with Gasteiger partial charge in [-0.15, -0.1) is 0 Å². The molecule has 0 aliphatic rings. The number of rotatable bonds is 6. The highest BCUT2D eigenvalue weighted by Gasteiger charge is 2.13. The van der Waals surface area contributed by atoms with Crippen LogP contribution in [0.1, 0.15) is 28.4 Å². The smallest absolute Gasteiger partial charge is 0.293 e. The molecule has 0 aromatic heterocycles. The lowest BCUT2D eigenvalue weighted by molar-refractivity contribution is -0.885. The lowest BCUT2D eigenvalue weighted by atomic mass is 10.1. The molecule has 0 fully saturated rings. The SMILES string of the molecule is CCc1ccc(C[NH+](C)CC(=O)NNC(=O)c2ccccc2Br)cc1. The first-order valence-electron chi connectivity index (χ1n) is 8.22. The van der Waals surface area contributed by atoms with Crippen molar-refractivity contribution in [2.45, 2.75) is 19.9 Å². The summed E-state index contributed by atoms with van der Waals surface area (Å²) in [5.41, 5.74) is 7.86. The summed E-state index contributed by atoms with van der Waals surface area (Å²) in [5, 5.41) is 0. The molecule has 0 bridgehead atoms. The third-order valence-corrected chi connectivity index (χ3v) is 4.52. The second-order valence-corrected chi connectivity index (χ2v) is 6.82. The third-order valence-electron chi connectivity index (χ3n) is 3.83. The summed E-state index contributed by atoms with van der Waals surface area (Å²) in [4.78, 5) is 25.1. The van der Waals surface area contributed by atoms with E-state index in [-0.39, 0.29) is 18.4 Å². The van der Waals surface area contributed by atoms with E-state index in [4.69, 9.17) is 0 Å². The van der Waals surface area contributed by atoms with E-state index in [2.05, 4.69) is 58.0 Å². The van der Waals surface area contributed by atoms with Gasteiger partial charge in [-0.1, -0.05) is 43.3 Å². The maximum absolute atomic E-state index is 12.0. The van der Waals surface area contributed by atoms with Crippen molar-refractivity contribution in [1.29, 1.82) is 0 Å². The second-order valence-electron chi connectivity index (χ2n) is 5.96. The van der Waals surface area contributed by atoms with E-state index in [0.29, 0.717) is 10.0 Å². The predicted octanol–water partition coefficient (Wildman–Crippen LogP) is 1.49. The van der Waals surface area contributed by atoms with Gasteiger partial charge in [0.2, 0.25) is 0 Å². The highest BCUT2D eigenvalue weighted by molar-refractivity contribution is 9.10. The molecule has 0 aliphatic carbocycles. The fraction of sp³-hybridized carbons (Fsp3) is 0.263.